The van der Waals surface area contributed by atoms with E-state index in [4.69, 9.17) is 21.6 Å². The van der Waals surface area contributed by atoms with Crippen LogP contribution < -0.4 is 10.2 Å². The number of ether oxygens (including phenoxy) is 1. The third kappa shape index (κ3) is 6.57. The van der Waals surface area contributed by atoms with Crippen LogP contribution in [0.15, 0.2) is 24.3 Å². The summed E-state index contributed by atoms with van der Waals surface area (Å²) in [5, 5.41) is 11.4. The summed E-state index contributed by atoms with van der Waals surface area (Å²) < 4.78 is 5.13. The largest absolute Gasteiger partial charge is 0.444 e. The van der Waals surface area contributed by atoms with Crippen molar-refractivity contribution >= 4 is 29.3 Å². The predicted molar refractivity (Wildman–Crippen MR) is 88.5 cm³/mol. The normalized spacial score (nSPS) is 10.6. The van der Waals surface area contributed by atoms with E-state index in [0.717, 1.165) is 0 Å². The van der Waals surface area contributed by atoms with Crippen molar-refractivity contribution in [1.29, 1.82) is 5.26 Å². The number of hydrogen-bond acceptors (Lipinski definition) is 4. The highest BCUT2D eigenvalue weighted by molar-refractivity contribution is 6.29. The van der Waals surface area contributed by atoms with Crippen LogP contribution in [0.1, 0.15) is 26.3 Å². The molecule has 1 N–H and O–H groups in total. The summed E-state index contributed by atoms with van der Waals surface area (Å²) in [6.45, 7) is 5.78. The molecule has 0 aromatic heterocycles. The van der Waals surface area contributed by atoms with Crippen LogP contribution in [0, 0.1) is 11.3 Å². The minimum absolute atomic E-state index is 0.174. The highest BCUT2D eigenvalue weighted by Crippen LogP contribution is 2.15. The molecule has 2 amide bonds. The maximum atomic E-state index is 12.0. The van der Waals surface area contributed by atoms with Gasteiger partial charge in [0.1, 0.15) is 11.5 Å². The van der Waals surface area contributed by atoms with Gasteiger partial charge in [-0.25, -0.2) is 4.79 Å². The monoisotopic (exact) mass is 337 g/mol. The van der Waals surface area contributed by atoms with E-state index in [9.17, 15) is 9.59 Å². The fourth-order valence-corrected chi connectivity index (χ4v) is 1.91. The number of rotatable bonds is 5. The first-order valence-electron chi connectivity index (χ1n) is 7.10. The van der Waals surface area contributed by atoms with Crippen molar-refractivity contribution in [3.05, 3.63) is 29.8 Å². The quantitative estimate of drug-likeness (QED) is 0.837. The molecular formula is C16H20ClN3O3. The molecule has 1 aromatic rings. The van der Waals surface area contributed by atoms with Gasteiger partial charge in [0.25, 0.3) is 0 Å². The van der Waals surface area contributed by atoms with Crippen molar-refractivity contribution in [2.75, 3.05) is 23.9 Å². The number of carbonyl (C=O) groups is 2. The molecule has 0 unspecified atom stereocenters. The fraction of sp³-hybridized carbons (Fsp3) is 0.438. The van der Waals surface area contributed by atoms with Gasteiger partial charge in [-0.3, -0.25) is 4.79 Å². The molecule has 0 heterocycles. The number of halogens is 1. The molecule has 0 spiro atoms. The Kier molecular flexibility index (Phi) is 6.86. The molecule has 0 atom stereocenters. The number of alkyl halides is 1. The highest BCUT2D eigenvalue weighted by Gasteiger charge is 2.18. The standard InChI is InChI=1S/C16H20ClN3O3/c1-16(2,3)23-15(22)19-8-9-20(14(21)10-17)13-6-4-12(11-18)5-7-13/h4-7H,8-10H2,1-3H3,(H,19,22). The first kappa shape index (κ1) is 18.8. The van der Waals surface area contributed by atoms with Gasteiger partial charge in [0.2, 0.25) is 5.91 Å². The zero-order valence-electron chi connectivity index (χ0n) is 13.4. The maximum absolute atomic E-state index is 12.0. The van der Waals surface area contributed by atoms with Gasteiger partial charge in [0.15, 0.2) is 0 Å². The zero-order valence-corrected chi connectivity index (χ0v) is 14.2. The lowest BCUT2D eigenvalue weighted by molar-refractivity contribution is -0.116. The number of nitrogens with zero attached hydrogens (tertiary/aromatic N) is 2. The van der Waals surface area contributed by atoms with Gasteiger partial charge in [-0.15, -0.1) is 11.6 Å². The zero-order chi connectivity index (χ0) is 17.5. The molecule has 0 radical (unpaired) electrons. The first-order valence-corrected chi connectivity index (χ1v) is 7.63. The molecule has 23 heavy (non-hydrogen) atoms. The molecule has 124 valence electrons. The van der Waals surface area contributed by atoms with Crippen LogP contribution in [-0.4, -0.2) is 36.6 Å². The van der Waals surface area contributed by atoms with Crippen molar-refractivity contribution in [1.82, 2.24) is 5.32 Å². The molecule has 1 rings (SSSR count). The highest BCUT2D eigenvalue weighted by atomic mass is 35.5. The third-order valence-electron chi connectivity index (χ3n) is 2.73. The van der Waals surface area contributed by atoms with Crippen LogP contribution in [0.2, 0.25) is 0 Å². The Morgan fingerprint density at radius 1 is 1.30 bits per heavy atom. The number of alkyl carbamates (subject to hydrolysis) is 1. The second kappa shape index (κ2) is 8.39. The molecule has 0 fully saturated rings. The van der Waals surface area contributed by atoms with Crippen LogP contribution in [0.5, 0.6) is 0 Å². The summed E-state index contributed by atoms with van der Waals surface area (Å²) in [6.07, 6.45) is -0.546. The lowest BCUT2D eigenvalue weighted by Gasteiger charge is -2.23. The number of hydrogen-bond donors (Lipinski definition) is 1. The molecule has 0 bridgehead atoms. The Morgan fingerprint density at radius 3 is 2.39 bits per heavy atom. The second-order valence-corrected chi connectivity index (χ2v) is 6.03. The van der Waals surface area contributed by atoms with Gasteiger partial charge in [0.05, 0.1) is 11.6 Å². The Bertz CT molecular complexity index is 588. The lowest BCUT2D eigenvalue weighted by atomic mass is 10.2. The van der Waals surface area contributed by atoms with Gasteiger partial charge in [-0.05, 0) is 45.0 Å². The Balaban J connectivity index is 2.67. The summed E-state index contributed by atoms with van der Waals surface area (Å²) in [7, 11) is 0. The maximum Gasteiger partial charge on any atom is 0.407 e. The molecule has 7 heteroatoms. The number of nitriles is 1. The molecule has 0 aliphatic rings. The van der Waals surface area contributed by atoms with Crippen LogP contribution >= 0.6 is 11.6 Å². The number of nitrogens with one attached hydrogen (secondary N) is 1. The third-order valence-corrected chi connectivity index (χ3v) is 2.96. The SMILES string of the molecule is CC(C)(C)OC(=O)NCCN(C(=O)CCl)c1ccc(C#N)cc1. The number of anilines is 1. The van der Waals surface area contributed by atoms with E-state index in [0.29, 0.717) is 11.3 Å². The molecular weight excluding hydrogens is 318 g/mol. The van der Waals surface area contributed by atoms with Gasteiger partial charge in [0, 0.05) is 18.8 Å². The minimum atomic E-state index is -0.581. The number of amides is 2. The number of carbonyl (C=O) groups excluding carboxylic acids is 2. The molecule has 1 aromatic carbocycles. The minimum Gasteiger partial charge on any atom is -0.444 e. The van der Waals surface area contributed by atoms with Crippen LogP contribution in [0.4, 0.5) is 10.5 Å². The summed E-state index contributed by atoms with van der Waals surface area (Å²) >= 11 is 5.63. The summed E-state index contributed by atoms with van der Waals surface area (Å²) in [5.74, 6) is -0.464. The van der Waals surface area contributed by atoms with Gasteiger partial charge in [-0.1, -0.05) is 0 Å². The van der Waals surface area contributed by atoms with Crippen LogP contribution in [0.3, 0.4) is 0 Å². The lowest BCUT2D eigenvalue weighted by Crippen LogP contribution is -2.41. The number of benzene rings is 1. The molecule has 0 saturated heterocycles. The predicted octanol–water partition coefficient (Wildman–Crippen LogP) is 2.65. The second-order valence-electron chi connectivity index (χ2n) is 5.77. The van der Waals surface area contributed by atoms with Gasteiger partial charge in [-0.2, -0.15) is 5.26 Å². The molecule has 0 saturated carbocycles. The van der Waals surface area contributed by atoms with E-state index in [1.165, 1.54) is 4.90 Å². The van der Waals surface area contributed by atoms with Gasteiger partial charge >= 0.3 is 6.09 Å². The van der Waals surface area contributed by atoms with Crippen molar-refractivity contribution in [2.45, 2.75) is 26.4 Å². The van der Waals surface area contributed by atoms with E-state index in [2.05, 4.69) is 5.32 Å². The topological polar surface area (TPSA) is 82.4 Å². The van der Waals surface area contributed by atoms with Crippen molar-refractivity contribution in [3.63, 3.8) is 0 Å². The Morgan fingerprint density at radius 2 is 1.91 bits per heavy atom. The van der Waals surface area contributed by atoms with Crippen molar-refractivity contribution in [2.24, 2.45) is 0 Å². The fourth-order valence-electron chi connectivity index (χ4n) is 1.77. The van der Waals surface area contributed by atoms with Crippen molar-refractivity contribution < 1.29 is 14.3 Å². The molecule has 0 aliphatic carbocycles. The Hall–Kier alpha value is -2.26. The van der Waals surface area contributed by atoms with E-state index in [1.807, 2.05) is 6.07 Å². The first-order chi connectivity index (χ1) is 10.8. The summed E-state index contributed by atoms with van der Waals surface area (Å²) in [4.78, 5) is 25.0. The van der Waals surface area contributed by atoms with Gasteiger partial charge < -0.3 is 15.0 Å². The van der Waals surface area contributed by atoms with E-state index in [-0.39, 0.29) is 24.9 Å². The molecule has 0 aliphatic heterocycles. The van der Waals surface area contributed by atoms with Crippen LogP contribution in [0.25, 0.3) is 0 Å². The van der Waals surface area contributed by atoms with E-state index in [1.54, 1.807) is 45.0 Å². The summed E-state index contributed by atoms with van der Waals surface area (Å²) in [5.41, 5.74) is 0.530. The molecule has 6 nitrogen and oxygen atoms in total. The average molecular weight is 338 g/mol. The van der Waals surface area contributed by atoms with E-state index >= 15 is 0 Å². The smallest absolute Gasteiger partial charge is 0.407 e. The van der Waals surface area contributed by atoms with E-state index < -0.39 is 11.7 Å². The average Bonchev–Trinajstić information content (AvgIpc) is 2.49. The summed E-state index contributed by atoms with van der Waals surface area (Å²) in [6, 6.07) is 8.57. The Labute approximate surface area is 141 Å². The van der Waals surface area contributed by atoms with Crippen LogP contribution in [-0.2, 0) is 9.53 Å². The van der Waals surface area contributed by atoms with Crippen molar-refractivity contribution in [3.8, 4) is 6.07 Å².